The number of carbonyl (C=O) groups excluding carboxylic acids is 1. The summed E-state index contributed by atoms with van der Waals surface area (Å²) < 4.78 is 0. The molecule has 0 heterocycles. The third-order valence-electron chi connectivity index (χ3n) is 4.27. The molecule has 2 rings (SSSR count). The van der Waals surface area contributed by atoms with Crippen LogP contribution in [0.5, 0.6) is 0 Å². The molecule has 2 aliphatic rings. The summed E-state index contributed by atoms with van der Waals surface area (Å²) in [5.74, 6) is 0.736. The summed E-state index contributed by atoms with van der Waals surface area (Å²) in [5.41, 5.74) is -0.124. The fourth-order valence-electron chi connectivity index (χ4n) is 2.88. The number of amides is 1. The summed E-state index contributed by atoms with van der Waals surface area (Å²) in [7, 11) is 0. The molecule has 0 atom stereocenters. The lowest BCUT2D eigenvalue weighted by atomic mass is 9.74. The Morgan fingerprint density at radius 2 is 1.94 bits per heavy atom. The van der Waals surface area contributed by atoms with E-state index in [4.69, 9.17) is 0 Å². The van der Waals surface area contributed by atoms with Gasteiger partial charge in [0.25, 0.3) is 0 Å². The first kappa shape index (κ1) is 11.9. The smallest absolute Gasteiger partial charge is 0.225 e. The zero-order chi connectivity index (χ0) is 11.6. The average Bonchev–Trinajstić information content (AvgIpc) is 2.23. The first-order valence-electron chi connectivity index (χ1n) is 6.56. The van der Waals surface area contributed by atoms with E-state index in [1.54, 1.807) is 0 Å². The largest absolute Gasteiger partial charge is 0.393 e. The molecule has 1 amide bonds. The molecular formula is C13H23NO2. The van der Waals surface area contributed by atoms with E-state index >= 15 is 0 Å². The summed E-state index contributed by atoms with van der Waals surface area (Å²) in [6.45, 7) is 2.85. The fourth-order valence-corrected chi connectivity index (χ4v) is 2.88. The summed E-state index contributed by atoms with van der Waals surface area (Å²) in [6.07, 6.45) is 7.31. The van der Waals surface area contributed by atoms with Crippen molar-refractivity contribution in [3.63, 3.8) is 0 Å². The molecule has 2 aliphatic carbocycles. The molecule has 2 fully saturated rings. The van der Waals surface area contributed by atoms with Gasteiger partial charge in [0.05, 0.1) is 6.10 Å². The van der Waals surface area contributed by atoms with E-state index in [1.165, 1.54) is 19.3 Å². The van der Waals surface area contributed by atoms with Gasteiger partial charge in [-0.3, -0.25) is 4.79 Å². The van der Waals surface area contributed by atoms with Crippen molar-refractivity contribution in [3.05, 3.63) is 0 Å². The number of carbonyl (C=O) groups is 1. The van der Waals surface area contributed by atoms with E-state index in [0.29, 0.717) is 5.92 Å². The van der Waals surface area contributed by atoms with Gasteiger partial charge in [0.15, 0.2) is 0 Å². The van der Waals surface area contributed by atoms with Crippen LogP contribution in [0.4, 0.5) is 0 Å². The van der Waals surface area contributed by atoms with Gasteiger partial charge in [-0.05, 0) is 31.6 Å². The van der Waals surface area contributed by atoms with Crippen molar-refractivity contribution >= 4 is 5.91 Å². The SMILES string of the molecule is CC1(C(=O)NCC2CC(O)C2)CCCCC1. The second-order valence-corrected chi connectivity index (χ2v) is 5.82. The lowest BCUT2D eigenvalue weighted by molar-refractivity contribution is -0.132. The van der Waals surface area contributed by atoms with E-state index in [0.717, 1.165) is 32.2 Å². The Morgan fingerprint density at radius 3 is 2.50 bits per heavy atom. The molecule has 92 valence electrons. The minimum Gasteiger partial charge on any atom is -0.393 e. The predicted octanol–water partition coefficient (Wildman–Crippen LogP) is 1.84. The molecule has 16 heavy (non-hydrogen) atoms. The standard InChI is InChI=1S/C13H23NO2/c1-13(5-3-2-4-6-13)12(16)14-9-10-7-11(15)8-10/h10-11,15H,2-9H2,1H3,(H,14,16). The van der Waals surface area contributed by atoms with Gasteiger partial charge in [-0.1, -0.05) is 26.2 Å². The minimum absolute atomic E-state index is 0.118. The van der Waals surface area contributed by atoms with Crippen molar-refractivity contribution in [2.24, 2.45) is 11.3 Å². The van der Waals surface area contributed by atoms with Gasteiger partial charge in [-0.2, -0.15) is 0 Å². The molecule has 0 aromatic carbocycles. The topological polar surface area (TPSA) is 49.3 Å². The highest BCUT2D eigenvalue weighted by molar-refractivity contribution is 5.82. The van der Waals surface area contributed by atoms with Crippen molar-refractivity contribution in [3.8, 4) is 0 Å². The number of hydrogen-bond donors (Lipinski definition) is 2. The second kappa shape index (κ2) is 4.74. The number of aliphatic hydroxyl groups excluding tert-OH is 1. The maximum absolute atomic E-state index is 12.1. The van der Waals surface area contributed by atoms with Crippen LogP contribution in [0.2, 0.25) is 0 Å². The van der Waals surface area contributed by atoms with Gasteiger partial charge in [0.2, 0.25) is 5.91 Å². The molecule has 0 bridgehead atoms. The van der Waals surface area contributed by atoms with Gasteiger partial charge >= 0.3 is 0 Å². The highest BCUT2D eigenvalue weighted by atomic mass is 16.3. The molecule has 2 N–H and O–H groups in total. The average molecular weight is 225 g/mol. The Kier molecular flexibility index (Phi) is 3.53. The van der Waals surface area contributed by atoms with Crippen LogP contribution in [-0.2, 0) is 4.79 Å². The van der Waals surface area contributed by atoms with Crippen molar-refractivity contribution in [2.75, 3.05) is 6.54 Å². The molecule has 2 saturated carbocycles. The highest BCUT2D eigenvalue weighted by Gasteiger charge is 2.35. The van der Waals surface area contributed by atoms with Crippen LogP contribution in [0.15, 0.2) is 0 Å². The second-order valence-electron chi connectivity index (χ2n) is 5.82. The van der Waals surface area contributed by atoms with Crippen LogP contribution in [0, 0.1) is 11.3 Å². The Bertz CT molecular complexity index is 253. The lowest BCUT2D eigenvalue weighted by Crippen LogP contribution is -2.44. The van der Waals surface area contributed by atoms with E-state index in [2.05, 4.69) is 12.2 Å². The number of hydrogen-bond acceptors (Lipinski definition) is 2. The molecular weight excluding hydrogens is 202 g/mol. The highest BCUT2D eigenvalue weighted by Crippen LogP contribution is 2.36. The Morgan fingerprint density at radius 1 is 1.31 bits per heavy atom. The minimum atomic E-state index is -0.124. The number of aliphatic hydroxyl groups is 1. The van der Waals surface area contributed by atoms with Crippen LogP contribution >= 0.6 is 0 Å². The molecule has 3 heteroatoms. The molecule has 0 unspecified atom stereocenters. The molecule has 0 saturated heterocycles. The first-order valence-corrected chi connectivity index (χ1v) is 6.56. The monoisotopic (exact) mass is 225 g/mol. The molecule has 0 aliphatic heterocycles. The van der Waals surface area contributed by atoms with Crippen LogP contribution < -0.4 is 5.32 Å². The molecule has 0 aromatic heterocycles. The molecule has 0 aromatic rings. The van der Waals surface area contributed by atoms with E-state index < -0.39 is 0 Å². The third-order valence-corrected chi connectivity index (χ3v) is 4.27. The molecule has 0 radical (unpaired) electrons. The molecule has 3 nitrogen and oxygen atoms in total. The third kappa shape index (κ3) is 2.57. The van der Waals surface area contributed by atoms with Gasteiger partial charge in [0, 0.05) is 12.0 Å². The van der Waals surface area contributed by atoms with Crippen LogP contribution in [0.25, 0.3) is 0 Å². The zero-order valence-electron chi connectivity index (χ0n) is 10.2. The zero-order valence-corrected chi connectivity index (χ0v) is 10.2. The quantitative estimate of drug-likeness (QED) is 0.770. The summed E-state index contributed by atoms with van der Waals surface area (Å²) in [4.78, 5) is 12.1. The van der Waals surface area contributed by atoms with Crippen molar-refractivity contribution in [1.29, 1.82) is 0 Å². The van der Waals surface area contributed by atoms with E-state index in [9.17, 15) is 9.90 Å². The Hall–Kier alpha value is -0.570. The van der Waals surface area contributed by atoms with Gasteiger partial charge in [0.1, 0.15) is 0 Å². The fraction of sp³-hybridized carbons (Fsp3) is 0.923. The van der Waals surface area contributed by atoms with Crippen molar-refractivity contribution in [2.45, 2.75) is 58.0 Å². The van der Waals surface area contributed by atoms with Gasteiger partial charge < -0.3 is 10.4 Å². The van der Waals surface area contributed by atoms with Gasteiger partial charge in [-0.25, -0.2) is 0 Å². The summed E-state index contributed by atoms with van der Waals surface area (Å²) >= 11 is 0. The first-order chi connectivity index (χ1) is 7.60. The summed E-state index contributed by atoms with van der Waals surface area (Å²) in [5, 5.41) is 12.2. The van der Waals surface area contributed by atoms with Gasteiger partial charge in [-0.15, -0.1) is 0 Å². The maximum Gasteiger partial charge on any atom is 0.225 e. The van der Waals surface area contributed by atoms with Crippen LogP contribution in [0.1, 0.15) is 51.9 Å². The van der Waals surface area contributed by atoms with E-state index in [1.807, 2.05) is 0 Å². The normalized spacial score (nSPS) is 32.9. The summed E-state index contributed by atoms with van der Waals surface area (Å²) in [6, 6.07) is 0. The Balaban J connectivity index is 1.74. The maximum atomic E-state index is 12.1. The van der Waals surface area contributed by atoms with Crippen molar-refractivity contribution < 1.29 is 9.90 Å². The van der Waals surface area contributed by atoms with E-state index in [-0.39, 0.29) is 17.4 Å². The van der Waals surface area contributed by atoms with Crippen LogP contribution in [0.3, 0.4) is 0 Å². The predicted molar refractivity (Wildman–Crippen MR) is 62.9 cm³/mol. The van der Waals surface area contributed by atoms with Crippen molar-refractivity contribution in [1.82, 2.24) is 5.32 Å². The molecule has 0 spiro atoms. The number of nitrogens with one attached hydrogen (secondary N) is 1. The lowest BCUT2D eigenvalue weighted by Gasteiger charge is -2.35. The Labute approximate surface area is 97.6 Å². The number of rotatable bonds is 3. The van der Waals surface area contributed by atoms with Crippen LogP contribution in [-0.4, -0.2) is 23.7 Å².